The molecule has 4 nitrogen and oxygen atoms in total. The lowest BCUT2D eigenvalue weighted by atomic mass is 9.94. The summed E-state index contributed by atoms with van der Waals surface area (Å²) < 4.78 is 22.6. The number of nitrogens with one attached hydrogen (secondary N) is 1. The van der Waals surface area contributed by atoms with E-state index in [1.807, 2.05) is 0 Å². The fourth-order valence-electron chi connectivity index (χ4n) is 2.60. The minimum absolute atomic E-state index is 0.343. The van der Waals surface area contributed by atoms with Gasteiger partial charge in [-0.2, -0.15) is 0 Å². The van der Waals surface area contributed by atoms with Crippen LogP contribution in [0.15, 0.2) is 0 Å². The van der Waals surface area contributed by atoms with Gasteiger partial charge in [0.25, 0.3) is 0 Å². The predicted molar refractivity (Wildman–Crippen MR) is 65.3 cm³/mol. The van der Waals surface area contributed by atoms with Gasteiger partial charge >= 0.3 is 0 Å². The molecule has 0 aliphatic carbocycles. The summed E-state index contributed by atoms with van der Waals surface area (Å²) in [4.78, 5) is 2.29. The zero-order valence-electron chi connectivity index (χ0n) is 9.98. The first-order chi connectivity index (χ1) is 7.55. The molecule has 0 aromatic carbocycles. The van der Waals surface area contributed by atoms with E-state index in [9.17, 15) is 8.42 Å². The molecule has 0 aromatic rings. The zero-order valence-corrected chi connectivity index (χ0v) is 10.8. The lowest BCUT2D eigenvalue weighted by Gasteiger charge is -2.34. The summed E-state index contributed by atoms with van der Waals surface area (Å²) in [6.07, 6.45) is 2.49. The van der Waals surface area contributed by atoms with E-state index >= 15 is 0 Å². The molecule has 2 fully saturated rings. The van der Waals surface area contributed by atoms with Gasteiger partial charge in [0.2, 0.25) is 0 Å². The van der Waals surface area contributed by atoms with Crippen molar-refractivity contribution < 1.29 is 8.42 Å². The van der Waals surface area contributed by atoms with Gasteiger partial charge in [0, 0.05) is 25.7 Å². The Morgan fingerprint density at radius 3 is 2.62 bits per heavy atom. The third-order valence-corrected chi connectivity index (χ3v) is 5.28. The Morgan fingerprint density at radius 2 is 2.00 bits per heavy atom. The van der Waals surface area contributed by atoms with Gasteiger partial charge in [-0.25, -0.2) is 8.42 Å². The summed E-state index contributed by atoms with van der Waals surface area (Å²) in [5.41, 5.74) is 0. The van der Waals surface area contributed by atoms with Crippen molar-refractivity contribution in [1.82, 2.24) is 10.2 Å². The maximum Gasteiger partial charge on any atom is 0.152 e. The van der Waals surface area contributed by atoms with Gasteiger partial charge in [-0.05, 0) is 25.3 Å². The second-order valence-electron chi connectivity index (χ2n) is 5.23. The van der Waals surface area contributed by atoms with Gasteiger partial charge < -0.3 is 5.32 Å². The Kier molecular flexibility index (Phi) is 3.87. The van der Waals surface area contributed by atoms with E-state index in [2.05, 4.69) is 17.1 Å². The molecule has 0 bridgehead atoms. The maximum absolute atomic E-state index is 11.3. The van der Waals surface area contributed by atoms with Crippen LogP contribution in [0.3, 0.4) is 0 Å². The summed E-state index contributed by atoms with van der Waals surface area (Å²) >= 11 is 0. The Labute approximate surface area is 98.3 Å². The van der Waals surface area contributed by atoms with E-state index in [1.54, 1.807) is 0 Å². The quantitative estimate of drug-likeness (QED) is 0.751. The molecule has 2 rings (SSSR count). The van der Waals surface area contributed by atoms with Crippen LogP contribution < -0.4 is 5.32 Å². The van der Waals surface area contributed by atoms with Crippen LogP contribution in [0.4, 0.5) is 0 Å². The molecule has 0 saturated carbocycles. The number of piperidine rings is 1. The molecule has 1 N–H and O–H groups in total. The molecule has 0 aromatic heterocycles. The summed E-state index contributed by atoms with van der Waals surface area (Å²) in [5, 5.41) is 3.53. The molecule has 5 heteroatoms. The highest BCUT2D eigenvalue weighted by Crippen LogP contribution is 2.16. The smallest absolute Gasteiger partial charge is 0.152 e. The van der Waals surface area contributed by atoms with Crippen molar-refractivity contribution in [2.75, 3.05) is 37.7 Å². The topological polar surface area (TPSA) is 49.4 Å². The zero-order chi connectivity index (χ0) is 11.6. The van der Waals surface area contributed by atoms with Gasteiger partial charge in [-0.3, -0.25) is 4.90 Å². The number of nitrogens with zero attached hydrogens (tertiary/aromatic N) is 1. The number of rotatable bonds is 2. The molecule has 16 heavy (non-hydrogen) atoms. The minimum atomic E-state index is -2.73. The van der Waals surface area contributed by atoms with Crippen LogP contribution in [0.5, 0.6) is 0 Å². The molecule has 0 spiro atoms. The van der Waals surface area contributed by atoms with Crippen molar-refractivity contribution >= 4 is 9.84 Å². The predicted octanol–water partition coefficient (Wildman–Crippen LogP) is 0.105. The molecular weight excluding hydrogens is 224 g/mol. The highest BCUT2D eigenvalue weighted by Gasteiger charge is 2.25. The van der Waals surface area contributed by atoms with E-state index < -0.39 is 9.84 Å². The second kappa shape index (κ2) is 5.02. The first-order valence-corrected chi connectivity index (χ1v) is 8.03. The van der Waals surface area contributed by atoms with Gasteiger partial charge in [0.1, 0.15) is 0 Å². The SMILES string of the molecule is CC1CCNC(CN2CCS(=O)(=O)CC2)C1. The van der Waals surface area contributed by atoms with E-state index in [-0.39, 0.29) is 0 Å². The third-order valence-electron chi connectivity index (χ3n) is 3.67. The van der Waals surface area contributed by atoms with Crippen molar-refractivity contribution in [1.29, 1.82) is 0 Å². The minimum Gasteiger partial charge on any atom is -0.313 e. The molecule has 2 atom stereocenters. The fourth-order valence-corrected chi connectivity index (χ4v) is 3.88. The highest BCUT2D eigenvalue weighted by atomic mass is 32.2. The van der Waals surface area contributed by atoms with Crippen molar-refractivity contribution in [3.05, 3.63) is 0 Å². The standard InChI is InChI=1S/C11H22N2O2S/c1-10-2-3-12-11(8-10)9-13-4-6-16(14,15)7-5-13/h10-12H,2-9H2,1H3. The number of hydrogen-bond donors (Lipinski definition) is 1. The van der Waals surface area contributed by atoms with Crippen molar-refractivity contribution in [2.45, 2.75) is 25.8 Å². The molecule has 0 radical (unpaired) electrons. The van der Waals surface area contributed by atoms with Crippen LogP contribution in [0.1, 0.15) is 19.8 Å². The Hall–Kier alpha value is -0.130. The molecule has 2 saturated heterocycles. The van der Waals surface area contributed by atoms with E-state index in [0.29, 0.717) is 17.5 Å². The largest absolute Gasteiger partial charge is 0.313 e. The summed E-state index contributed by atoms with van der Waals surface area (Å²) in [7, 11) is -2.73. The lowest BCUT2D eigenvalue weighted by Crippen LogP contribution is -2.49. The van der Waals surface area contributed by atoms with Crippen molar-refractivity contribution in [3.63, 3.8) is 0 Å². The monoisotopic (exact) mass is 246 g/mol. The summed E-state index contributed by atoms with van der Waals surface area (Å²) in [6, 6.07) is 0.560. The summed E-state index contributed by atoms with van der Waals surface area (Å²) in [6.45, 7) is 5.86. The number of sulfone groups is 1. The van der Waals surface area contributed by atoms with Crippen LogP contribution in [0, 0.1) is 5.92 Å². The second-order valence-corrected chi connectivity index (χ2v) is 7.54. The van der Waals surface area contributed by atoms with E-state index in [1.165, 1.54) is 12.8 Å². The maximum atomic E-state index is 11.3. The first-order valence-electron chi connectivity index (χ1n) is 6.21. The van der Waals surface area contributed by atoms with Crippen LogP contribution in [-0.4, -0.2) is 57.0 Å². The third kappa shape index (κ3) is 3.43. The Bertz CT molecular complexity index is 315. The van der Waals surface area contributed by atoms with Gasteiger partial charge in [-0.1, -0.05) is 6.92 Å². The first kappa shape index (κ1) is 12.3. The lowest BCUT2D eigenvalue weighted by molar-refractivity contribution is 0.217. The van der Waals surface area contributed by atoms with E-state index in [0.717, 1.165) is 32.1 Å². The molecule has 94 valence electrons. The van der Waals surface area contributed by atoms with Crippen molar-refractivity contribution in [3.8, 4) is 0 Å². The Morgan fingerprint density at radius 1 is 1.31 bits per heavy atom. The molecular formula is C11H22N2O2S. The molecule has 2 aliphatic rings. The normalized spacial score (nSPS) is 36.1. The van der Waals surface area contributed by atoms with Gasteiger partial charge in [0.15, 0.2) is 9.84 Å². The van der Waals surface area contributed by atoms with Gasteiger partial charge in [0.05, 0.1) is 11.5 Å². The van der Waals surface area contributed by atoms with Gasteiger partial charge in [-0.15, -0.1) is 0 Å². The average Bonchev–Trinajstić information content (AvgIpc) is 2.21. The van der Waals surface area contributed by atoms with Crippen LogP contribution in [0.2, 0.25) is 0 Å². The highest BCUT2D eigenvalue weighted by molar-refractivity contribution is 7.91. The molecule has 2 heterocycles. The number of hydrogen-bond acceptors (Lipinski definition) is 4. The molecule has 0 amide bonds. The fraction of sp³-hybridized carbons (Fsp3) is 1.00. The van der Waals surface area contributed by atoms with Crippen molar-refractivity contribution in [2.24, 2.45) is 5.92 Å². The molecule has 2 unspecified atom stereocenters. The summed E-state index contributed by atoms with van der Waals surface area (Å²) in [5.74, 6) is 1.49. The average molecular weight is 246 g/mol. The molecule has 2 aliphatic heterocycles. The Balaban J connectivity index is 1.78. The van der Waals surface area contributed by atoms with E-state index in [4.69, 9.17) is 0 Å². The van der Waals surface area contributed by atoms with Crippen LogP contribution in [-0.2, 0) is 9.84 Å². The van der Waals surface area contributed by atoms with Crippen LogP contribution in [0.25, 0.3) is 0 Å². The van der Waals surface area contributed by atoms with Crippen LogP contribution >= 0.6 is 0 Å².